The van der Waals surface area contributed by atoms with Crippen LogP contribution in [0.1, 0.15) is 44.6 Å². The maximum absolute atomic E-state index is 11.9. The molecule has 2 amide bonds. The minimum atomic E-state index is -0.353. The third kappa shape index (κ3) is 6.10. The monoisotopic (exact) mass is 347 g/mol. The van der Waals surface area contributed by atoms with Gasteiger partial charge < -0.3 is 14.7 Å². The zero-order valence-corrected chi connectivity index (χ0v) is 14.5. The molecule has 7 nitrogen and oxygen atoms in total. The maximum atomic E-state index is 11.9. The summed E-state index contributed by atoms with van der Waals surface area (Å²) in [5.41, 5.74) is 2.86. The Labute approximate surface area is 147 Å². The van der Waals surface area contributed by atoms with Crippen LogP contribution in [0, 0.1) is 0 Å². The van der Waals surface area contributed by atoms with Crippen LogP contribution in [0.25, 0.3) is 0 Å². The molecule has 1 aliphatic heterocycles. The summed E-state index contributed by atoms with van der Waals surface area (Å²) in [6, 6.07) is 4.90. The van der Waals surface area contributed by atoms with Crippen molar-refractivity contribution in [1.29, 1.82) is 0 Å². The van der Waals surface area contributed by atoms with Crippen molar-refractivity contribution in [3.63, 3.8) is 0 Å². The molecule has 1 aromatic rings. The first-order chi connectivity index (χ1) is 12.1. The fourth-order valence-electron chi connectivity index (χ4n) is 2.53. The molecule has 0 spiro atoms. The molecule has 1 heterocycles. The molecule has 136 valence electrons. The molecule has 0 radical (unpaired) electrons. The first-order valence-corrected chi connectivity index (χ1v) is 8.65. The number of likely N-dealkylation sites (tertiary alicyclic amines) is 1. The third-order valence-corrected chi connectivity index (χ3v) is 3.87. The Morgan fingerprint density at radius 3 is 3.00 bits per heavy atom. The molecule has 0 unspecified atom stereocenters. The molecule has 2 rings (SSSR count). The van der Waals surface area contributed by atoms with E-state index in [0.29, 0.717) is 30.9 Å². The highest BCUT2D eigenvalue weighted by Gasteiger charge is 2.18. The number of hydrogen-bond donors (Lipinski definition) is 2. The molecule has 1 aliphatic rings. The van der Waals surface area contributed by atoms with Crippen LogP contribution in [0.5, 0.6) is 11.5 Å². The van der Waals surface area contributed by atoms with E-state index in [0.717, 1.165) is 25.7 Å². The molecule has 25 heavy (non-hydrogen) atoms. The summed E-state index contributed by atoms with van der Waals surface area (Å²) >= 11 is 0. The van der Waals surface area contributed by atoms with Gasteiger partial charge in [-0.05, 0) is 31.4 Å². The lowest BCUT2D eigenvalue weighted by Crippen LogP contribution is -2.39. The summed E-state index contributed by atoms with van der Waals surface area (Å²) in [6.45, 7) is 3.20. The van der Waals surface area contributed by atoms with Gasteiger partial charge in [0.1, 0.15) is 18.0 Å². The zero-order chi connectivity index (χ0) is 18.1. The molecule has 1 fully saturated rings. The van der Waals surface area contributed by atoms with Crippen LogP contribution < -0.4 is 10.2 Å². The number of carbonyl (C=O) groups is 2. The van der Waals surface area contributed by atoms with Crippen LogP contribution in [0.3, 0.4) is 0 Å². The number of hydrazone groups is 1. The van der Waals surface area contributed by atoms with Crippen molar-refractivity contribution >= 4 is 18.0 Å². The number of carbonyl (C=O) groups excluding carboxylic acids is 2. The maximum Gasteiger partial charge on any atom is 0.259 e. The highest BCUT2D eigenvalue weighted by Crippen LogP contribution is 2.22. The number of nitrogens with zero attached hydrogens (tertiary/aromatic N) is 2. The lowest BCUT2D eigenvalue weighted by molar-refractivity contribution is -0.135. The van der Waals surface area contributed by atoms with Crippen molar-refractivity contribution in [2.75, 3.05) is 19.7 Å². The van der Waals surface area contributed by atoms with Gasteiger partial charge in [0.25, 0.3) is 5.91 Å². The summed E-state index contributed by atoms with van der Waals surface area (Å²) in [5.74, 6) is 0.264. The van der Waals surface area contributed by atoms with E-state index in [9.17, 15) is 14.7 Å². The van der Waals surface area contributed by atoms with Gasteiger partial charge >= 0.3 is 0 Å². The second-order valence-electron chi connectivity index (χ2n) is 5.99. The molecular formula is C18H25N3O4. The molecule has 0 aromatic heterocycles. The summed E-state index contributed by atoms with van der Waals surface area (Å²) < 4.78 is 5.43. The summed E-state index contributed by atoms with van der Waals surface area (Å²) in [7, 11) is 0. The highest BCUT2D eigenvalue weighted by molar-refractivity contribution is 5.87. The Hall–Kier alpha value is -2.57. The SMILES string of the molecule is CCCOc1ccc(/C=N/NC(=O)CN2CCCCCC2=O)c(O)c1. The molecule has 7 heteroatoms. The number of rotatable bonds is 7. The van der Waals surface area contributed by atoms with Gasteiger partial charge in [-0.15, -0.1) is 0 Å². The predicted octanol–water partition coefficient (Wildman–Crippen LogP) is 2.03. The van der Waals surface area contributed by atoms with E-state index >= 15 is 0 Å². The Morgan fingerprint density at radius 2 is 2.24 bits per heavy atom. The van der Waals surface area contributed by atoms with Crippen molar-refractivity contribution in [3.8, 4) is 11.5 Å². The van der Waals surface area contributed by atoms with Crippen LogP contribution in [-0.2, 0) is 9.59 Å². The number of hydrogen-bond acceptors (Lipinski definition) is 5. The van der Waals surface area contributed by atoms with Crippen LogP contribution in [0.4, 0.5) is 0 Å². The Morgan fingerprint density at radius 1 is 1.40 bits per heavy atom. The van der Waals surface area contributed by atoms with Gasteiger partial charge in [-0.25, -0.2) is 5.43 Å². The summed E-state index contributed by atoms with van der Waals surface area (Å²) in [6.07, 6.45) is 5.56. The minimum absolute atomic E-state index is 0.00590. The number of benzene rings is 1. The quantitative estimate of drug-likeness (QED) is 0.583. The average Bonchev–Trinajstić information content (AvgIpc) is 2.79. The first-order valence-electron chi connectivity index (χ1n) is 8.65. The van der Waals surface area contributed by atoms with E-state index in [1.807, 2.05) is 6.92 Å². The molecular weight excluding hydrogens is 322 g/mol. The number of amides is 2. The Kier molecular flexibility index (Phi) is 7.25. The Bertz CT molecular complexity index is 631. The van der Waals surface area contributed by atoms with E-state index < -0.39 is 0 Å². The number of aromatic hydroxyl groups is 1. The standard InChI is InChI=1S/C18H25N3O4/c1-2-10-25-15-8-7-14(16(22)11-15)12-19-20-17(23)13-21-9-5-3-4-6-18(21)24/h7-8,11-12,22H,2-6,9-10,13H2,1H3,(H,20,23)/b19-12+. The molecule has 0 aliphatic carbocycles. The molecule has 0 saturated carbocycles. The van der Waals surface area contributed by atoms with Crippen LogP contribution in [0.15, 0.2) is 23.3 Å². The largest absolute Gasteiger partial charge is 0.507 e. The van der Waals surface area contributed by atoms with Crippen molar-refractivity contribution in [1.82, 2.24) is 10.3 Å². The fraction of sp³-hybridized carbons (Fsp3) is 0.500. The lowest BCUT2D eigenvalue weighted by Gasteiger charge is -2.18. The van der Waals surface area contributed by atoms with Gasteiger partial charge in [-0.3, -0.25) is 9.59 Å². The van der Waals surface area contributed by atoms with Crippen LogP contribution in [0.2, 0.25) is 0 Å². The molecule has 1 aromatic carbocycles. The molecule has 1 saturated heterocycles. The van der Waals surface area contributed by atoms with Crippen molar-refractivity contribution in [2.45, 2.75) is 39.0 Å². The van der Waals surface area contributed by atoms with Gasteiger partial charge in [0.2, 0.25) is 5.91 Å². The molecule has 0 atom stereocenters. The minimum Gasteiger partial charge on any atom is -0.507 e. The topological polar surface area (TPSA) is 91.2 Å². The van der Waals surface area contributed by atoms with Gasteiger partial charge in [-0.2, -0.15) is 5.10 Å². The van der Waals surface area contributed by atoms with Crippen molar-refractivity contribution in [3.05, 3.63) is 23.8 Å². The van der Waals surface area contributed by atoms with Gasteiger partial charge in [0.05, 0.1) is 12.8 Å². The second-order valence-corrected chi connectivity index (χ2v) is 5.99. The number of phenolic OH excluding ortho intramolecular Hbond substituents is 1. The Balaban J connectivity index is 1.85. The van der Waals surface area contributed by atoms with Crippen LogP contribution in [-0.4, -0.2) is 47.7 Å². The van der Waals surface area contributed by atoms with Crippen molar-refractivity contribution in [2.24, 2.45) is 5.10 Å². The van der Waals surface area contributed by atoms with E-state index in [1.54, 1.807) is 17.0 Å². The van der Waals surface area contributed by atoms with E-state index in [-0.39, 0.29) is 24.1 Å². The molecule has 0 bridgehead atoms. The van der Waals surface area contributed by atoms with Gasteiger partial charge in [-0.1, -0.05) is 13.3 Å². The van der Waals surface area contributed by atoms with E-state index in [1.165, 1.54) is 12.3 Å². The lowest BCUT2D eigenvalue weighted by atomic mass is 10.2. The normalized spacial score (nSPS) is 15.2. The van der Waals surface area contributed by atoms with E-state index in [4.69, 9.17) is 4.74 Å². The third-order valence-electron chi connectivity index (χ3n) is 3.87. The zero-order valence-electron chi connectivity index (χ0n) is 14.5. The van der Waals surface area contributed by atoms with Crippen molar-refractivity contribution < 1.29 is 19.4 Å². The van der Waals surface area contributed by atoms with E-state index in [2.05, 4.69) is 10.5 Å². The predicted molar refractivity (Wildman–Crippen MR) is 94.7 cm³/mol. The van der Waals surface area contributed by atoms with Gasteiger partial charge in [0.15, 0.2) is 0 Å². The number of phenols is 1. The molecule has 2 N–H and O–H groups in total. The first kappa shape index (κ1) is 18.8. The number of nitrogens with one attached hydrogen (secondary N) is 1. The average molecular weight is 347 g/mol. The second kappa shape index (κ2) is 9.66. The fourth-order valence-corrected chi connectivity index (χ4v) is 2.53. The highest BCUT2D eigenvalue weighted by atomic mass is 16.5. The summed E-state index contributed by atoms with van der Waals surface area (Å²) in [4.78, 5) is 25.3. The summed E-state index contributed by atoms with van der Waals surface area (Å²) in [5, 5.41) is 13.8. The van der Waals surface area contributed by atoms with Gasteiger partial charge in [0, 0.05) is 24.6 Å². The number of ether oxygens (including phenoxy) is 1. The van der Waals surface area contributed by atoms with Crippen LogP contribution >= 0.6 is 0 Å². The smallest absolute Gasteiger partial charge is 0.259 e.